The lowest BCUT2D eigenvalue weighted by molar-refractivity contribution is 0.0743. The molecule has 2 rings (SSSR count). The minimum Gasteiger partial charge on any atom is -0.336 e. The molecule has 0 spiro atoms. The maximum atomic E-state index is 12.7. The number of carbonyl (C=O) groups is 1. The standard InChI is InChI=1S/C14H19ClN2O3S/c1-8-4-9(2)17(7-8)14(18)12-5-11(21(16,19)20)6-13(15)10(12)3/h5-6,8-9H,4,7H2,1-3H3,(H2,16,19,20). The molecular weight excluding hydrogens is 312 g/mol. The predicted molar refractivity (Wildman–Crippen MR) is 81.8 cm³/mol. The number of nitrogens with two attached hydrogens (primary N) is 1. The highest BCUT2D eigenvalue weighted by Gasteiger charge is 2.32. The Balaban J connectivity index is 2.48. The van der Waals surface area contributed by atoms with Gasteiger partial charge in [-0.2, -0.15) is 0 Å². The van der Waals surface area contributed by atoms with Crippen molar-refractivity contribution in [1.82, 2.24) is 4.90 Å². The summed E-state index contributed by atoms with van der Waals surface area (Å²) in [5.74, 6) is 0.234. The summed E-state index contributed by atoms with van der Waals surface area (Å²) in [6.45, 7) is 6.44. The molecule has 1 aromatic carbocycles. The van der Waals surface area contributed by atoms with Crippen molar-refractivity contribution in [2.75, 3.05) is 6.54 Å². The Labute approximate surface area is 130 Å². The van der Waals surface area contributed by atoms with E-state index >= 15 is 0 Å². The van der Waals surface area contributed by atoms with Crippen molar-refractivity contribution in [3.05, 3.63) is 28.3 Å². The molecule has 1 fully saturated rings. The van der Waals surface area contributed by atoms with E-state index in [0.717, 1.165) is 6.42 Å². The first kappa shape index (κ1) is 16.3. The van der Waals surface area contributed by atoms with Crippen LogP contribution < -0.4 is 5.14 Å². The number of primary sulfonamides is 1. The second-order valence-corrected chi connectivity index (χ2v) is 7.74. The van der Waals surface area contributed by atoms with Gasteiger partial charge < -0.3 is 4.90 Å². The highest BCUT2D eigenvalue weighted by Crippen LogP contribution is 2.29. The summed E-state index contributed by atoms with van der Waals surface area (Å²) >= 11 is 6.05. The minimum absolute atomic E-state index is 0.129. The highest BCUT2D eigenvalue weighted by atomic mass is 35.5. The summed E-state index contributed by atoms with van der Waals surface area (Å²) in [7, 11) is -3.90. The molecule has 21 heavy (non-hydrogen) atoms. The highest BCUT2D eigenvalue weighted by molar-refractivity contribution is 7.89. The smallest absolute Gasteiger partial charge is 0.254 e. The van der Waals surface area contributed by atoms with Gasteiger partial charge in [0.15, 0.2) is 0 Å². The first-order chi connectivity index (χ1) is 9.61. The van der Waals surface area contributed by atoms with Crippen LogP contribution in [-0.4, -0.2) is 31.8 Å². The fraction of sp³-hybridized carbons (Fsp3) is 0.500. The Kier molecular flexibility index (Phi) is 4.33. The maximum Gasteiger partial charge on any atom is 0.254 e. The zero-order chi connectivity index (χ0) is 15.9. The second-order valence-electron chi connectivity index (χ2n) is 5.77. The Hall–Kier alpha value is -1.11. The molecule has 1 aliphatic rings. The Bertz CT molecular complexity index is 688. The minimum atomic E-state index is -3.90. The Morgan fingerprint density at radius 3 is 2.48 bits per heavy atom. The van der Waals surface area contributed by atoms with E-state index in [-0.39, 0.29) is 21.9 Å². The van der Waals surface area contributed by atoms with Gasteiger partial charge in [0.1, 0.15) is 0 Å². The number of carbonyl (C=O) groups excluding carboxylic acids is 1. The van der Waals surface area contributed by atoms with E-state index < -0.39 is 10.0 Å². The SMILES string of the molecule is Cc1c(Cl)cc(S(N)(=O)=O)cc1C(=O)N1CC(C)CC1C. The van der Waals surface area contributed by atoms with Crippen LogP contribution in [0.15, 0.2) is 17.0 Å². The largest absolute Gasteiger partial charge is 0.336 e. The zero-order valence-electron chi connectivity index (χ0n) is 12.3. The van der Waals surface area contributed by atoms with Crippen LogP contribution in [0.1, 0.15) is 36.2 Å². The third-order valence-corrected chi connectivity index (χ3v) is 5.21. The van der Waals surface area contributed by atoms with E-state index in [1.807, 2.05) is 6.92 Å². The molecule has 116 valence electrons. The summed E-state index contributed by atoms with van der Waals surface area (Å²) in [5, 5.41) is 5.36. The maximum absolute atomic E-state index is 12.7. The van der Waals surface area contributed by atoms with E-state index in [2.05, 4.69) is 6.92 Å². The van der Waals surface area contributed by atoms with Crippen LogP contribution in [-0.2, 0) is 10.0 Å². The van der Waals surface area contributed by atoms with Crippen molar-refractivity contribution in [1.29, 1.82) is 0 Å². The van der Waals surface area contributed by atoms with E-state index in [1.165, 1.54) is 12.1 Å². The van der Waals surface area contributed by atoms with Crippen molar-refractivity contribution in [3.8, 4) is 0 Å². The van der Waals surface area contributed by atoms with Crippen LogP contribution in [0.2, 0.25) is 5.02 Å². The molecule has 0 bridgehead atoms. The molecule has 1 heterocycles. The molecule has 2 N–H and O–H groups in total. The van der Waals surface area contributed by atoms with Crippen molar-refractivity contribution < 1.29 is 13.2 Å². The molecule has 1 amide bonds. The van der Waals surface area contributed by atoms with Crippen molar-refractivity contribution >= 4 is 27.5 Å². The normalized spacial score (nSPS) is 22.6. The third-order valence-electron chi connectivity index (χ3n) is 3.92. The lowest BCUT2D eigenvalue weighted by atomic mass is 10.1. The molecule has 0 radical (unpaired) electrons. The Morgan fingerprint density at radius 2 is 2.00 bits per heavy atom. The van der Waals surface area contributed by atoms with E-state index in [1.54, 1.807) is 11.8 Å². The van der Waals surface area contributed by atoms with Crippen LogP contribution >= 0.6 is 11.6 Å². The van der Waals surface area contributed by atoms with Gasteiger partial charge in [-0.05, 0) is 43.9 Å². The molecule has 2 unspecified atom stereocenters. The molecule has 1 aromatic rings. The molecule has 0 aromatic heterocycles. The number of likely N-dealkylation sites (tertiary alicyclic amines) is 1. The van der Waals surface area contributed by atoms with Crippen LogP contribution in [0.5, 0.6) is 0 Å². The van der Waals surface area contributed by atoms with Gasteiger partial charge in [0.05, 0.1) is 4.90 Å². The summed E-state index contributed by atoms with van der Waals surface area (Å²) in [6.07, 6.45) is 0.938. The van der Waals surface area contributed by atoms with Gasteiger partial charge in [0.25, 0.3) is 5.91 Å². The van der Waals surface area contributed by atoms with Crippen molar-refractivity contribution in [3.63, 3.8) is 0 Å². The van der Waals surface area contributed by atoms with Gasteiger partial charge in [0, 0.05) is 23.2 Å². The van der Waals surface area contributed by atoms with Gasteiger partial charge in [-0.25, -0.2) is 13.6 Å². The number of halogens is 1. The summed E-state index contributed by atoms with van der Waals surface area (Å²) in [6, 6.07) is 2.72. The van der Waals surface area contributed by atoms with Gasteiger partial charge in [-0.1, -0.05) is 18.5 Å². The molecule has 1 saturated heterocycles. The summed E-state index contributed by atoms with van der Waals surface area (Å²) in [4.78, 5) is 14.3. The monoisotopic (exact) mass is 330 g/mol. The average molecular weight is 331 g/mol. The fourth-order valence-corrected chi connectivity index (χ4v) is 3.63. The van der Waals surface area contributed by atoms with Gasteiger partial charge in [-0.3, -0.25) is 4.79 Å². The fourth-order valence-electron chi connectivity index (χ4n) is 2.78. The molecular formula is C14H19ClN2O3S. The number of sulfonamides is 1. The number of amides is 1. The quantitative estimate of drug-likeness (QED) is 0.902. The predicted octanol–water partition coefficient (Wildman–Crippen LogP) is 2.17. The number of benzene rings is 1. The van der Waals surface area contributed by atoms with Gasteiger partial charge in [0.2, 0.25) is 10.0 Å². The molecule has 2 atom stereocenters. The number of rotatable bonds is 2. The molecule has 0 aliphatic carbocycles. The van der Waals surface area contributed by atoms with Crippen molar-refractivity contribution in [2.45, 2.75) is 38.1 Å². The molecule has 7 heteroatoms. The van der Waals surface area contributed by atoms with E-state index in [9.17, 15) is 13.2 Å². The topological polar surface area (TPSA) is 80.5 Å². The number of hydrogen-bond donors (Lipinski definition) is 1. The van der Waals surface area contributed by atoms with Crippen LogP contribution in [0.4, 0.5) is 0 Å². The van der Waals surface area contributed by atoms with Crippen LogP contribution in [0.3, 0.4) is 0 Å². The lowest BCUT2D eigenvalue weighted by Gasteiger charge is -2.23. The van der Waals surface area contributed by atoms with Crippen LogP contribution in [0.25, 0.3) is 0 Å². The molecule has 0 saturated carbocycles. The zero-order valence-corrected chi connectivity index (χ0v) is 13.8. The molecule has 5 nitrogen and oxygen atoms in total. The number of nitrogens with zero attached hydrogens (tertiary/aromatic N) is 1. The van der Waals surface area contributed by atoms with Gasteiger partial charge >= 0.3 is 0 Å². The van der Waals surface area contributed by atoms with Crippen molar-refractivity contribution in [2.24, 2.45) is 11.1 Å². The molecule has 1 aliphatic heterocycles. The number of hydrogen-bond acceptors (Lipinski definition) is 3. The Morgan fingerprint density at radius 1 is 1.38 bits per heavy atom. The summed E-state index contributed by atoms with van der Waals surface area (Å²) in [5.41, 5.74) is 0.869. The summed E-state index contributed by atoms with van der Waals surface area (Å²) < 4.78 is 23.0. The van der Waals surface area contributed by atoms with E-state index in [0.29, 0.717) is 23.6 Å². The second kappa shape index (κ2) is 5.59. The average Bonchev–Trinajstić information content (AvgIpc) is 2.69. The first-order valence-electron chi connectivity index (χ1n) is 6.75. The van der Waals surface area contributed by atoms with Crippen LogP contribution in [0, 0.1) is 12.8 Å². The van der Waals surface area contributed by atoms with Gasteiger partial charge in [-0.15, -0.1) is 0 Å². The lowest BCUT2D eigenvalue weighted by Crippen LogP contribution is -2.34. The first-order valence-corrected chi connectivity index (χ1v) is 8.67. The third kappa shape index (κ3) is 3.22. The van der Waals surface area contributed by atoms with E-state index in [4.69, 9.17) is 16.7 Å².